The van der Waals surface area contributed by atoms with Crippen LogP contribution in [0.4, 0.5) is 0 Å². The second-order valence-corrected chi connectivity index (χ2v) is 6.27. The van der Waals surface area contributed by atoms with E-state index in [4.69, 9.17) is 0 Å². The topological polar surface area (TPSA) is 25.2 Å². The van der Waals surface area contributed by atoms with E-state index in [1.807, 2.05) is 29.7 Å². The van der Waals surface area contributed by atoms with Gasteiger partial charge in [0, 0.05) is 17.1 Å². The molecule has 1 aromatic carbocycles. The maximum absolute atomic E-state index is 12.8. The molecule has 3 rings (SSSR count). The van der Waals surface area contributed by atoms with Gasteiger partial charge in [0.2, 0.25) is 5.91 Å². The van der Waals surface area contributed by atoms with E-state index in [2.05, 4.69) is 24.8 Å². The van der Waals surface area contributed by atoms with Gasteiger partial charge >= 0.3 is 0 Å². The van der Waals surface area contributed by atoms with E-state index in [1.165, 1.54) is 30.2 Å². The SMILES string of the molecule is Cc1c(C)n(C(=O)CN2CCCCC2C)c2ccccc12.Cl. The van der Waals surface area contributed by atoms with Crippen molar-refractivity contribution in [3.05, 3.63) is 35.5 Å². The summed E-state index contributed by atoms with van der Waals surface area (Å²) >= 11 is 0. The minimum absolute atomic E-state index is 0. The average Bonchev–Trinajstić information content (AvgIpc) is 2.74. The average molecular weight is 321 g/mol. The molecule has 2 aromatic rings. The Morgan fingerprint density at radius 1 is 1.23 bits per heavy atom. The molecule has 1 atom stereocenters. The van der Waals surface area contributed by atoms with Crippen LogP contribution in [0.5, 0.6) is 0 Å². The molecule has 1 aliphatic heterocycles. The van der Waals surface area contributed by atoms with E-state index in [0.29, 0.717) is 12.6 Å². The van der Waals surface area contributed by atoms with Crippen molar-refractivity contribution in [2.45, 2.75) is 46.1 Å². The number of hydrogen-bond donors (Lipinski definition) is 0. The van der Waals surface area contributed by atoms with Crippen molar-refractivity contribution in [3.8, 4) is 0 Å². The Balaban J connectivity index is 0.00000176. The number of aromatic nitrogens is 1. The molecule has 1 aliphatic rings. The van der Waals surface area contributed by atoms with Gasteiger partial charge in [-0.25, -0.2) is 0 Å². The number of piperidine rings is 1. The normalized spacial score (nSPS) is 19.1. The third-order valence-electron chi connectivity index (χ3n) is 4.96. The zero-order valence-corrected chi connectivity index (χ0v) is 14.4. The first-order valence-corrected chi connectivity index (χ1v) is 7.93. The minimum atomic E-state index is 0. The Bertz CT molecular complexity index is 677. The van der Waals surface area contributed by atoms with Crippen molar-refractivity contribution >= 4 is 29.2 Å². The maximum atomic E-state index is 12.8. The molecule has 1 unspecified atom stereocenters. The lowest BCUT2D eigenvalue weighted by molar-refractivity contribution is 0.0782. The molecule has 3 nitrogen and oxygen atoms in total. The molecule has 0 N–H and O–H groups in total. The summed E-state index contributed by atoms with van der Waals surface area (Å²) in [6.45, 7) is 7.96. The number of rotatable bonds is 2. The van der Waals surface area contributed by atoms with E-state index in [0.717, 1.165) is 17.8 Å². The number of aryl methyl sites for hydroxylation is 1. The zero-order valence-electron chi connectivity index (χ0n) is 13.6. The summed E-state index contributed by atoms with van der Waals surface area (Å²) < 4.78 is 1.91. The van der Waals surface area contributed by atoms with Crippen LogP contribution in [0, 0.1) is 13.8 Å². The summed E-state index contributed by atoms with van der Waals surface area (Å²) in [7, 11) is 0. The number of carbonyl (C=O) groups is 1. The molecule has 1 aromatic heterocycles. The first-order valence-electron chi connectivity index (χ1n) is 7.93. The predicted molar refractivity (Wildman–Crippen MR) is 94.2 cm³/mol. The van der Waals surface area contributed by atoms with Crippen molar-refractivity contribution in [2.24, 2.45) is 0 Å². The fraction of sp³-hybridized carbons (Fsp3) is 0.500. The number of halogens is 1. The number of benzene rings is 1. The number of likely N-dealkylation sites (tertiary alicyclic amines) is 1. The largest absolute Gasteiger partial charge is 0.292 e. The molecule has 2 heterocycles. The molecule has 0 amide bonds. The minimum Gasteiger partial charge on any atom is -0.292 e. The lowest BCUT2D eigenvalue weighted by Gasteiger charge is -2.32. The Kier molecular flexibility index (Phi) is 5.30. The van der Waals surface area contributed by atoms with Crippen LogP contribution in [0.2, 0.25) is 0 Å². The number of nitrogens with zero attached hydrogens (tertiary/aromatic N) is 2. The van der Waals surface area contributed by atoms with Gasteiger partial charge in [-0.05, 0) is 51.8 Å². The highest BCUT2D eigenvalue weighted by molar-refractivity contribution is 5.96. The van der Waals surface area contributed by atoms with E-state index in [1.54, 1.807) is 0 Å². The lowest BCUT2D eigenvalue weighted by Crippen LogP contribution is -2.42. The molecule has 0 aliphatic carbocycles. The van der Waals surface area contributed by atoms with Gasteiger partial charge in [-0.3, -0.25) is 14.3 Å². The summed E-state index contributed by atoms with van der Waals surface area (Å²) in [6.07, 6.45) is 3.70. The second kappa shape index (κ2) is 6.84. The Morgan fingerprint density at radius 3 is 2.68 bits per heavy atom. The van der Waals surface area contributed by atoms with Crippen molar-refractivity contribution < 1.29 is 4.79 Å². The quantitative estimate of drug-likeness (QED) is 0.828. The monoisotopic (exact) mass is 320 g/mol. The molecule has 0 spiro atoms. The van der Waals surface area contributed by atoms with E-state index in [9.17, 15) is 4.79 Å². The molecule has 0 radical (unpaired) electrons. The third kappa shape index (κ3) is 2.92. The highest BCUT2D eigenvalue weighted by Crippen LogP contribution is 2.25. The van der Waals surface area contributed by atoms with Crippen molar-refractivity contribution in [1.29, 1.82) is 0 Å². The second-order valence-electron chi connectivity index (χ2n) is 6.27. The highest BCUT2D eigenvalue weighted by atomic mass is 35.5. The van der Waals surface area contributed by atoms with Gasteiger partial charge in [-0.15, -0.1) is 12.4 Å². The molecule has 0 saturated carbocycles. The number of carbonyl (C=O) groups excluding carboxylic acids is 1. The van der Waals surface area contributed by atoms with E-state index < -0.39 is 0 Å². The van der Waals surface area contributed by atoms with Crippen LogP contribution >= 0.6 is 12.4 Å². The van der Waals surface area contributed by atoms with Crippen molar-refractivity contribution in [3.63, 3.8) is 0 Å². The van der Waals surface area contributed by atoms with Crippen molar-refractivity contribution in [2.75, 3.05) is 13.1 Å². The Labute approximate surface area is 138 Å². The summed E-state index contributed by atoms with van der Waals surface area (Å²) in [5, 5.41) is 1.19. The smallest absolute Gasteiger partial charge is 0.245 e. The number of fused-ring (bicyclic) bond motifs is 1. The van der Waals surface area contributed by atoms with Gasteiger partial charge in [0.15, 0.2) is 0 Å². The Morgan fingerprint density at radius 2 is 1.95 bits per heavy atom. The molecular formula is C18H25ClN2O. The highest BCUT2D eigenvalue weighted by Gasteiger charge is 2.23. The summed E-state index contributed by atoms with van der Waals surface area (Å²) in [5.74, 6) is 0.200. The standard InChI is InChI=1S/C18H24N2O.ClH/c1-13-8-6-7-11-19(13)12-18(21)20-15(3)14(2)16-9-4-5-10-17(16)20;/h4-5,9-10,13H,6-8,11-12H2,1-3H3;1H. The van der Waals surface area contributed by atoms with Gasteiger partial charge in [0.05, 0.1) is 12.1 Å². The van der Waals surface area contributed by atoms with E-state index in [-0.39, 0.29) is 18.3 Å². The zero-order chi connectivity index (χ0) is 15.0. The van der Waals surface area contributed by atoms with Crippen molar-refractivity contribution in [1.82, 2.24) is 9.47 Å². The van der Waals surface area contributed by atoms with Crippen LogP contribution in [0.25, 0.3) is 10.9 Å². The molecule has 4 heteroatoms. The molecule has 0 bridgehead atoms. The number of para-hydroxylation sites is 1. The first-order chi connectivity index (χ1) is 10.1. The Hall–Kier alpha value is -1.32. The first kappa shape index (κ1) is 17.0. The van der Waals surface area contributed by atoms with E-state index >= 15 is 0 Å². The summed E-state index contributed by atoms with van der Waals surface area (Å²) in [4.78, 5) is 15.2. The molecule has 1 fully saturated rings. The van der Waals surface area contributed by atoms with Crippen LogP contribution in [0.1, 0.15) is 42.2 Å². The molecule has 120 valence electrons. The van der Waals surface area contributed by atoms with Gasteiger partial charge in [0.25, 0.3) is 0 Å². The predicted octanol–water partition coefficient (Wildman–Crippen LogP) is 4.19. The fourth-order valence-corrected chi connectivity index (χ4v) is 3.49. The molecule has 1 saturated heterocycles. The summed E-state index contributed by atoms with van der Waals surface area (Å²) in [5.41, 5.74) is 3.33. The van der Waals surface area contributed by atoms with Crippen LogP contribution in [-0.4, -0.2) is 34.5 Å². The van der Waals surface area contributed by atoms with Crippen LogP contribution in [0.15, 0.2) is 24.3 Å². The van der Waals surface area contributed by atoms with Gasteiger partial charge < -0.3 is 0 Å². The molecule has 22 heavy (non-hydrogen) atoms. The van der Waals surface area contributed by atoms with Gasteiger partial charge in [-0.2, -0.15) is 0 Å². The van der Waals surface area contributed by atoms with Gasteiger partial charge in [-0.1, -0.05) is 24.6 Å². The van der Waals surface area contributed by atoms with Crippen LogP contribution < -0.4 is 0 Å². The van der Waals surface area contributed by atoms with Crippen LogP contribution in [-0.2, 0) is 0 Å². The number of hydrogen-bond acceptors (Lipinski definition) is 2. The summed E-state index contributed by atoms with van der Waals surface area (Å²) in [6, 6.07) is 8.72. The van der Waals surface area contributed by atoms with Gasteiger partial charge in [0.1, 0.15) is 0 Å². The van der Waals surface area contributed by atoms with Crippen LogP contribution in [0.3, 0.4) is 0 Å². The maximum Gasteiger partial charge on any atom is 0.245 e. The lowest BCUT2D eigenvalue weighted by atomic mass is 10.0. The fourth-order valence-electron chi connectivity index (χ4n) is 3.49. The third-order valence-corrected chi connectivity index (χ3v) is 4.96. The molecular weight excluding hydrogens is 296 g/mol.